The van der Waals surface area contributed by atoms with Crippen LogP contribution < -0.4 is 9.64 Å². The van der Waals surface area contributed by atoms with Gasteiger partial charge in [0.05, 0.1) is 19.1 Å². The molecule has 37 heavy (non-hydrogen) atoms. The molecule has 2 N–H and O–H groups in total. The van der Waals surface area contributed by atoms with E-state index in [-0.39, 0.29) is 30.2 Å². The molecule has 1 atom stereocenters. The number of ketones is 1. The zero-order chi connectivity index (χ0) is 26.5. The van der Waals surface area contributed by atoms with Gasteiger partial charge in [0.25, 0.3) is 0 Å². The van der Waals surface area contributed by atoms with Gasteiger partial charge in [-0.3, -0.25) is 9.59 Å². The molecule has 1 heterocycles. The summed E-state index contributed by atoms with van der Waals surface area (Å²) in [5, 5.41) is 21.2. The van der Waals surface area contributed by atoms with Crippen molar-refractivity contribution in [2.75, 3.05) is 31.6 Å². The lowest BCUT2D eigenvalue weighted by Gasteiger charge is -2.40. The minimum atomic E-state index is -0.510. The van der Waals surface area contributed by atoms with Gasteiger partial charge in [0, 0.05) is 37.0 Å². The number of nitrogens with zero attached hydrogens (tertiary/aromatic N) is 2. The van der Waals surface area contributed by atoms with Crippen molar-refractivity contribution in [1.82, 2.24) is 4.90 Å². The minimum absolute atomic E-state index is 0.0111. The Morgan fingerprint density at radius 2 is 1.70 bits per heavy atom. The van der Waals surface area contributed by atoms with E-state index in [1.165, 1.54) is 7.11 Å². The van der Waals surface area contributed by atoms with E-state index in [2.05, 4.69) is 0 Å². The van der Waals surface area contributed by atoms with Gasteiger partial charge in [-0.1, -0.05) is 25.1 Å². The predicted molar refractivity (Wildman–Crippen MR) is 140 cm³/mol. The third kappa shape index (κ3) is 5.28. The average molecular weight is 503 g/mol. The molecule has 0 saturated carbocycles. The highest BCUT2D eigenvalue weighted by molar-refractivity contribution is 6.12. The summed E-state index contributed by atoms with van der Waals surface area (Å²) in [6.07, 6.45) is 0.998. The zero-order valence-electron chi connectivity index (χ0n) is 20.9. The fraction of sp³-hybridized carbons (Fsp3) is 0.276. The molecule has 0 spiro atoms. The molecule has 1 aliphatic heterocycles. The molecule has 0 aliphatic carbocycles. The van der Waals surface area contributed by atoms with Gasteiger partial charge >= 0.3 is 0 Å². The molecule has 3 aromatic rings. The molecule has 8 nitrogen and oxygen atoms in total. The summed E-state index contributed by atoms with van der Waals surface area (Å²) in [5.41, 5.74) is 1.93. The van der Waals surface area contributed by atoms with Crippen LogP contribution in [0.15, 0.2) is 60.7 Å². The maximum Gasteiger partial charge on any atom is 0.227 e. The fourth-order valence-electron chi connectivity index (χ4n) is 4.83. The van der Waals surface area contributed by atoms with E-state index >= 15 is 0 Å². The molecule has 192 valence electrons. The Hall–Kier alpha value is -4.33. The highest BCUT2D eigenvalue weighted by Crippen LogP contribution is 2.35. The number of phenols is 2. The van der Waals surface area contributed by atoms with E-state index in [0.717, 1.165) is 18.0 Å². The lowest BCUT2D eigenvalue weighted by Crippen LogP contribution is -2.56. The van der Waals surface area contributed by atoms with Gasteiger partial charge in [0.15, 0.2) is 5.78 Å². The first-order valence-electron chi connectivity index (χ1n) is 12.2. The van der Waals surface area contributed by atoms with E-state index < -0.39 is 17.6 Å². The van der Waals surface area contributed by atoms with Gasteiger partial charge < -0.3 is 29.5 Å². The molecule has 0 bridgehead atoms. The Morgan fingerprint density at radius 3 is 2.32 bits per heavy atom. The van der Waals surface area contributed by atoms with Crippen molar-refractivity contribution in [2.24, 2.45) is 0 Å². The zero-order valence-corrected chi connectivity index (χ0v) is 20.9. The molecule has 0 radical (unpaired) electrons. The van der Waals surface area contributed by atoms with Crippen LogP contribution in [-0.4, -0.2) is 65.9 Å². The van der Waals surface area contributed by atoms with Gasteiger partial charge in [-0.25, -0.2) is 0 Å². The summed E-state index contributed by atoms with van der Waals surface area (Å²) in [4.78, 5) is 42.4. The Bertz CT molecular complexity index is 1290. The van der Waals surface area contributed by atoms with Crippen LogP contribution in [0, 0.1) is 0 Å². The number of piperazine rings is 1. The monoisotopic (exact) mass is 502 g/mol. The molecule has 3 aromatic carbocycles. The Balaban J connectivity index is 1.63. The number of carbonyl (C=O) groups excluding carboxylic acids is 3. The second-order valence-corrected chi connectivity index (χ2v) is 8.91. The number of amides is 1. The summed E-state index contributed by atoms with van der Waals surface area (Å²) in [6.45, 7) is 2.88. The Kier molecular flexibility index (Phi) is 7.77. The number of benzene rings is 3. The molecule has 0 aromatic heterocycles. The quantitative estimate of drug-likeness (QED) is 0.359. The second kappa shape index (κ2) is 11.2. The molecular weight excluding hydrogens is 472 g/mol. The first-order valence-corrected chi connectivity index (χ1v) is 12.2. The van der Waals surface area contributed by atoms with Crippen LogP contribution in [0.3, 0.4) is 0 Å². The van der Waals surface area contributed by atoms with Crippen molar-refractivity contribution in [2.45, 2.75) is 25.8 Å². The van der Waals surface area contributed by atoms with Crippen LogP contribution in [-0.2, 0) is 22.4 Å². The first kappa shape index (κ1) is 25.8. The lowest BCUT2D eigenvalue weighted by molar-refractivity contribution is -0.131. The van der Waals surface area contributed by atoms with E-state index in [1.807, 2.05) is 42.2 Å². The normalized spacial score (nSPS) is 15.4. The van der Waals surface area contributed by atoms with E-state index in [4.69, 9.17) is 4.74 Å². The van der Waals surface area contributed by atoms with Crippen molar-refractivity contribution in [3.63, 3.8) is 0 Å². The maximum absolute atomic E-state index is 13.5. The van der Waals surface area contributed by atoms with Crippen LogP contribution in [0.4, 0.5) is 5.69 Å². The van der Waals surface area contributed by atoms with Crippen LogP contribution in [0.5, 0.6) is 17.2 Å². The smallest absolute Gasteiger partial charge is 0.227 e. The number of carbonyl (C=O) groups is 3. The number of ether oxygens (including phenoxy) is 1. The molecule has 1 fully saturated rings. The van der Waals surface area contributed by atoms with Gasteiger partial charge in [0.2, 0.25) is 5.91 Å². The number of hydrogen-bond donors (Lipinski definition) is 2. The van der Waals surface area contributed by atoms with Crippen molar-refractivity contribution in [3.05, 3.63) is 82.9 Å². The summed E-state index contributed by atoms with van der Waals surface area (Å²) in [5.74, 6) is -0.734. The van der Waals surface area contributed by atoms with Crippen molar-refractivity contribution in [1.29, 1.82) is 0 Å². The lowest BCUT2D eigenvalue weighted by atomic mass is 9.89. The van der Waals surface area contributed by atoms with Crippen LogP contribution in [0.25, 0.3) is 0 Å². The Morgan fingerprint density at radius 1 is 1.00 bits per heavy atom. The molecule has 1 aliphatic rings. The average Bonchev–Trinajstić information content (AvgIpc) is 2.93. The summed E-state index contributed by atoms with van der Waals surface area (Å²) in [7, 11) is 1.52. The SMILES string of the molecule is CCc1c(O)cc(O)c(C(=O)c2ccc(OC)cc2)c1CC(=O)N1CCN(c2ccccc2)C(C=O)C1. The Labute approximate surface area is 215 Å². The molecule has 1 saturated heterocycles. The summed E-state index contributed by atoms with van der Waals surface area (Å²) in [6, 6.07) is 16.6. The van der Waals surface area contributed by atoms with Crippen LogP contribution >= 0.6 is 0 Å². The summed E-state index contributed by atoms with van der Waals surface area (Å²) < 4.78 is 5.16. The van der Waals surface area contributed by atoms with E-state index in [9.17, 15) is 24.6 Å². The molecule has 1 amide bonds. The fourth-order valence-corrected chi connectivity index (χ4v) is 4.83. The van der Waals surface area contributed by atoms with E-state index in [1.54, 1.807) is 29.2 Å². The maximum atomic E-state index is 13.5. The number of phenolic OH excluding ortho intramolecular Hbond substituents is 2. The number of aldehydes is 1. The number of anilines is 1. The minimum Gasteiger partial charge on any atom is -0.508 e. The van der Waals surface area contributed by atoms with Crippen LogP contribution in [0.1, 0.15) is 34.0 Å². The first-order chi connectivity index (χ1) is 17.9. The van der Waals surface area contributed by atoms with Crippen molar-refractivity contribution in [3.8, 4) is 17.2 Å². The molecule has 4 rings (SSSR count). The van der Waals surface area contributed by atoms with E-state index in [0.29, 0.717) is 42.0 Å². The van der Waals surface area contributed by atoms with Gasteiger partial charge in [-0.05, 0) is 53.9 Å². The second-order valence-electron chi connectivity index (χ2n) is 8.91. The van der Waals surface area contributed by atoms with Crippen LogP contribution in [0.2, 0.25) is 0 Å². The van der Waals surface area contributed by atoms with Crippen molar-refractivity contribution < 1.29 is 29.3 Å². The largest absolute Gasteiger partial charge is 0.508 e. The third-order valence-electron chi connectivity index (χ3n) is 6.78. The molecule has 8 heteroatoms. The predicted octanol–water partition coefficient (Wildman–Crippen LogP) is 3.36. The molecule has 1 unspecified atom stereocenters. The van der Waals surface area contributed by atoms with Crippen molar-refractivity contribution >= 4 is 23.7 Å². The third-order valence-corrected chi connectivity index (χ3v) is 6.78. The standard InChI is InChI=1S/C29H30N2O6/c1-3-23-24(28(26(34)16-25(23)33)29(36)19-9-11-22(37-2)12-10-19)15-27(35)30-13-14-31(21(17-30)18-32)20-7-5-4-6-8-20/h4-12,16,18,21,33-34H,3,13-15,17H2,1-2H3. The highest BCUT2D eigenvalue weighted by Gasteiger charge is 2.31. The number of para-hydroxylation sites is 1. The number of hydrogen-bond acceptors (Lipinski definition) is 7. The topological polar surface area (TPSA) is 107 Å². The number of rotatable bonds is 8. The molecular formula is C29H30N2O6. The number of aromatic hydroxyl groups is 2. The van der Waals surface area contributed by atoms with Gasteiger partial charge in [-0.15, -0.1) is 0 Å². The van der Waals surface area contributed by atoms with Gasteiger partial charge in [-0.2, -0.15) is 0 Å². The highest BCUT2D eigenvalue weighted by atomic mass is 16.5. The van der Waals surface area contributed by atoms with Gasteiger partial charge in [0.1, 0.15) is 29.6 Å². The number of methoxy groups -OCH3 is 1. The summed E-state index contributed by atoms with van der Waals surface area (Å²) >= 11 is 0.